The minimum atomic E-state index is 0.106. The first-order valence-corrected chi connectivity index (χ1v) is 6.59. The Bertz CT molecular complexity index is 395. The summed E-state index contributed by atoms with van der Waals surface area (Å²) in [5.41, 5.74) is 5.10. The van der Waals surface area contributed by atoms with Gasteiger partial charge in [0.2, 0.25) is 0 Å². The van der Waals surface area contributed by atoms with Gasteiger partial charge in [-0.1, -0.05) is 71.6 Å². The maximum absolute atomic E-state index is 6.41. The first-order chi connectivity index (χ1) is 7.66. The van der Waals surface area contributed by atoms with Crippen LogP contribution in [0.3, 0.4) is 0 Å². The molecule has 0 aliphatic carbocycles. The molecule has 1 aromatic carbocycles. The van der Waals surface area contributed by atoms with Gasteiger partial charge in [-0.2, -0.15) is 0 Å². The molecule has 0 aliphatic heterocycles. The second-order valence-electron chi connectivity index (χ2n) is 6.59. The fraction of sp³-hybridized carbons (Fsp3) is 0.625. The van der Waals surface area contributed by atoms with Gasteiger partial charge in [0.25, 0.3) is 0 Å². The van der Waals surface area contributed by atoms with Crippen LogP contribution < -0.4 is 5.46 Å². The zero-order chi connectivity index (χ0) is 13.4. The number of rotatable bonds is 2. The highest BCUT2D eigenvalue weighted by atomic mass is 14.3. The lowest BCUT2D eigenvalue weighted by molar-refractivity contribution is 0.580. The van der Waals surface area contributed by atoms with Crippen LogP contribution in [0.1, 0.15) is 77.0 Å². The minimum Gasteiger partial charge on any atom is -0.0893 e. The fourth-order valence-corrected chi connectivity index (χ4v) is 2.47. The molecule has 0 amide bonds. The molecular weight excluding hydrogens is 203 g/mol. The summed E-state index contributed by atoms with van der Waals surface area (Å²) in [4.78, 5) is 0. The third-order valence-electron chi connectivity index (χ3n) is 3.31. The molecule has 0 nitrogen and oxygen atoms in total. The van der Waals surface area contributed by atoms with Gasteiger partial charge in [-0.25, -0.2) is 0 Å². The predicted molar refractivity (Wildman–Crippen MR) is 78.7 cm³/mol. The Labute approximate surface area is 108 Å². The smallest absolute Gasteiger partial charge is 0.0893 e. The molecule has 0 unspecified atom stereocenters. The van der Waals surface area contributed by atoms with Gasteiger partial charge in [0, 0.05) is 0 Å². The van der Waals surface area contributed by atoms with Gasteiger partial charge >= 0.3 is 0 Å². The van der Waals surface area contributed by atoms with E-state index >= 15 is 0 Å². The van der Waals surface area contributed by atoms with Crippen molar-refractivity contribution in [1.29, 1.82) is 0 Å². The second-order valence-corrected chi connectivity index (χ2v) is 6.59. The Morgan fingerprint density at radius 3 is 1.65 bits per heavy atom. The van der Waals surface area contributed by atoms with E-state index in [0.29, 0.717) is 11.8 Å². The second kappa shape index (κ2) is 4.88. The van der Waals surface area contributed by atoms with Crippen LogP contribution in [0.15, 0.2) is 12.1 Å². The zero-order valence-corrected chi connectivity index (χ0v) is 12.4. The Morgan fingerprint density at radius 1 is 0.882 bits per heavy atom. The highest BCUT2D eigenvalue weighted by Gasteiger charge is 2.23. The standard InChI is InChI=1S/C16H25B/c1-10(2)12-8-9-13(11(3)4)15(17)14(12)16(5,6)7/h8-11H,1-7H3. The molecule has 0 aliphatic rings. The lowest BCUT2D eigenvalue weighted by atomic mass is 9.70. The molecule has 0 atom stereocenters. The maximum Gasteiger partial charge on any atom is 0.114 e. The summed E-state index contributed by atoms with van der Waals surface area (Å²) < 4.78 is 0. The Morgan fingerprint density at radius 2 is 1.29 bits per heavy atom. The van der Waals surface area contributed by atoms with Gasteiger partial charge in [-0.05, 0) is 28.4 Å². The molecule has 0 spiro atoms. The molecule has 17 heavy (non-hydrogen) atoms. The summed E-state index contributed by atoms with van der Waals surface area (Å²) in [5.74, 6) is 1.00. The van der Waals surface area contributed by atoms with Gasteiger partial charge in [-0.3, -0.25) is 0 Å². The molecular formula is C16H25B. The van der Waals surface area contributed by atoms with Crippen molar-refractivity contribution in [2.24, 2.45) is 0 Å². The van der Waals surface area contributed by atoms with E-state index in [1.165, 1.54) is 16.7 Å². The summed E-state index contributed by atoms with van der Waals surface area (Å²) in [6.07, 6.45) is 0. The van der Waals surface area contributed by atoms with E-state index in [2.05, 4.69) is 60.6 Å². The molecule has 1 aromatic rings. The van der Waals surface area contributed by atoms with Gasteiger partial charge in [0.05, 0.1) is 0 Å². The Balaban J connectivity index is 3.54. The van der Waals surface area contributed by atoms with E-state index in [4.69, 9.17) is 7.85 Å². The Kier molecular flexibility index (Phi) is 4.12. The van der Waals surface area contributed by atoms with E-state index in [1.807, 2.05) is 0 Å². The molecule has 0 aromatic heterocycles. The summed E-state index contributed by atoms with van der Waals surface area (Å²) in [6.45, 7) is 15.6. The molecule has 0 bridgehead atoms. The molecule has 0 N–H and O–H groups in total. The molecule has 92 valence electrons. The number of hydrogen-bond acceptors (Lipinski definition) is 0. The van der Waals surface area contributed by atoms with Gasteiger partial charge in [-0.15, -0.1) is 0 Å². The molecule has 1 heteroatoms. The Hall–Kier alpha value is -0.715. The molecule has 0 saturated carbocycles. The molecule has 2 radical (unpaired) electrons. The van der Waals surface area contributed by atoms with Crippen molar-refractivity contribution < 1.29 is 0 Å². The lowest BCUT2D eigenvalue weighted by Crippen LogP contribution is -2.29. The van der Waals surface area contributed by atoms with Gasteiger partial charge in [0.15, 0.2) is 0 Å². The number of benzene rings is 1. The molecule has 0 fully saturated rings. The summed E-state index contributed by atoms with van der Waals surface area (Å²) in [5, 5.41) is 0. The predicted octanol–water partition coefficient (Wildman–Crippen LogP) is 4.02. The third kappa shape index (κ3) is 2.94. The van der Waals surface area contributed by atoms with Crippen molar-refractivity contribution in [3.8, 4) is 0 Å². The van der Waals surface area contributed by atoms with Crippen molar-refractivity contribution in [3.63, 3.8) is 0 Å². The quantitative estimate of drug-likeness (QED) is 0.670. The monoisotopic (exact) mass is 228 g/mol. The lowest BCUT2D eigenvalue weighted by Gasteiger charge is -2.30. The van der Waals surface area contributed by atoms with Gasteiger partial charge < -0.3 is 0 Å². The molecule has 1 rings (SSSR count). The van der Waals surface area contributed by atoms with Crippen LogP contribution in [0, 0.1) is 0 Å². The van der Waals surface area contributed by atoms with Crippen LogP contribution in [0.5, 0.6) is 0 Å². The van der Waals surface area contributed by atoms with E-state index in [0.717, 1.165) is 5.46 Å². The minimum absolute atomic E-state index is 0.106. The van der Waals surface area contributed by atoms with Crippen LogP contribution in [0.2, 0.25) is 0 Å². The van der Waals surface area contributed by atoms with E-state index in [9.17, 15) is 0 Å². The van der Waals surface area contributed by atoms with Crippen molar-refractivity contribution in [2.45, 2.75) is 65.7 Å². The topological polar surface area (TPSA) is 0 Å². The molecule has 0 heterocycles. The van der Waals surface area contributed by atoms with E-state index in [-0.39, 0.29) is 5.41 Å². The van der Waals surface area contributed by atoms with Crippen molar-refractivity contribution in [3.05, 3.63) is 28.8 Å². The van der Waals surface area contributed by atoms with E-state index in [1.54, 1.807) is 0 Å². The van der Waals surface area contributed by atoms with Gasteiger partial charge in [0.1, 0.15) is 7.85 Å². The SMILES string of the molecule is [B]c1c(C(C)C)ccc(C(C)C)c1C(C)(C)C. The van der Waals surface area contributed by atoms with Crippen molar-refractivity contribution in [2.75, 3.05) is 0 Å². The first kappa shape index (κ1) is 14.3. The average molecular weight is 228 g/mol. The normalized spacial score (nSPS) is 12.5. The largest absolute Gasteiger partial charge is 0.114 e. The average Bonchev–Trinajstić information content (AvgIpc) is 2.14. The van der Waals surface area contributed by atoms with E-state index < -0.39 is 0 Å². The van der Waals surface area contributed by atoms with Crippen LogP contribution in [0.4, 0.5) is 0 Å². The fourth-order valence-electron chi connectivity index (χ4n) is 2.47. The zero-order valence-electron chi connectivity index (χ0n) is 12.4. The van der Waals surface area contributed by atoms with Crippen molar-refractivity contribution in [1.82, 2.24) is 0 Å². The first-order valence-electron chi connectivity index (χ1n) is 6.59. The number of hydrogen-bond donors (Lipinski definition) is 0. The summed E-state index contributed by atoms with van der Waals surface area (Å²) in [6, 6.07) is 4.46. The van der Waals surface area contributed by atoms with Crippen LogP contribution in [-0.4, -0.2) is 7.85 Å². The summed E-state index contributed by atoms with van der Waals surface area (Å²) >= 11 is 0. The maximum atomic E-state index is 6.41. The highest BCUT2D eigenvalue weighted by Crippen LogP contribution is 2.31. The summed E-state index contributed by atoms with van der Waals surface area (Å²) in [7, 11) is 6.41. The third-order valence-corrected chi connectivity index (χ3v) is 3.31. The van der Waals surface area contributed by atoms with Crippen LogP contribution in [0.25, 0.3) is 0 Å². The van der Waals surface area contributed by atoms with Crippen molar-refractivity contribution >= 4 is 13.3 Å². The van der Waals surface area contributed by atoms with Crippen LogP contribution >= 0.6 is 0 Å². The highest BCUT2D eigenvalue weighted by molar-refractivity contribution is 6.34. The molecule has 0 saturated heterocycles. The van der Waals surface area contributed by atoms with Crippen LogP contribution in [-0.2, 0) is 5.41 Å².